The van der Waals surface area contributed by atoms with Crippen molar-refractivity contribution in [1.82, 2.24) is 29.2 Å². The molecule has 0 spiro atoms. The molecule has 0 N–H and O–H groups in total. The van der Waals surface area contributed by atoms with E-state index in [0.29, 0.717) is 17.9 Å². The summed E-state index contributed by atoms with van der Waals surface area (Å²) in [7, 11) is 0. The average molecular weight is 467 g/mol. The number of ether oxygens (including phenoxy) is 1. The number of rotatable bonds is 5. The molecule has 2 aromatic heterocycles. The Morgan fingerprint density at radius 3 is 2.52 bits per heavy atom. The number of piperidine rings is 1. The van der Waals surface area contributed by atoms with Crippen molar-refractivity contribution in [3.8, 4) is 28.7 Å². The summed E-state index contributed by atoms with van der Waals surface area (Å²) in [4.78, 5) is 13.5. The highest BCUT2D eigenvalue weighted by Gasteiger charge is 2.24. The standard InChI is InChI=1S/C25H34N6OS/c1-16(2)29-10-8-19(9-11-29)33-20-6-7-21-23(14-20)32-13-12-30-15-22(27-24(21)30)25-26-18(5)28-31(25)17(3)4/h6-7,14-17,19H,8-13H2,1-5H3. The minimum atomic E-state index is 0.227. The molecule has 2 aliphatic heterocycles. The van der Waals surface area contributed by atoms with Crippen LogP contribution in [0.1, 0.15) is 52.4 Å². The van der Waals surface area contributed by atoms with Gasteiger partial charge in [0.25, 0.3) is 0 Å². The Morgan fingerprint density at radius 1 is 1.00 bits per heavy atom. The Labute approximate surface area is 200 Å². The molecule has 176 valence electrons. The van der Waals surface area contributed by atoms with Gasteiger partial charge in [0.2, 0.25) is 0 Å². The van der Waals surface area contributed by atoms with Crippen molar-refractivity contribution in [2.24, 2.45) is 0 Å². The zero-order valence-electron chi connectivity index (χ0n) is 20.3. The van der Waals surface area contributed by atoms with E-state index in [1.807, 2.05) is 23.4 Å². The number of fused-ring (bicyclic) bond motifs is 3. The van der Waals surface area contributed by atoms with Crippen molar-refractivity contribution in [2.45, 2.75) is 76.2 Å². The molecule has 1 saturated heterocycles. The van der Waals surface area contributed by atoms with Crippen LogP contribution >= 0.6 is 11.8 Å². The SMILES string of the molecule is Cc1nc(-c2cn3c(n2)-c2ccc(SC4CCN(C(C)C)CC4)cc2OCC3)n(C(C)C)n1. The van der Waals surface area contributed by atoms with E-state index in [1.165, 1.54) is 30.8 Å². The maximum absolute atomic E-state index is 6.16. The highest BCUT2D eigenvalue weighted by molar-refractivity contribution is 8.00. The van der Waals surface area contributed by atoms with Crippen LogP contribution < -0.4 is 4.74 Å². The number of imidazole rings is 1. The van der Waals surface area contributed by atoms with Gasteiger partial charge in [-0.3, -0.25) is 0 Å². The lowest BCUT2D eigenvalue weighted by molar-refractivity contribution is 0.188. The molecule has 2 aliphatic rings. The molecule has 0 amide bonds. The van der Waals surface area contributed by atoms with Crippen LogP contribution in [-0.4, -0.2) is 60.2 Å². The molecule has 1 fully saturated rings. The number of thioether (sulfide) groups is 1. The van der Waals surface area contributed by atoms with Crippen molar-refractivity contribution in [2.75, 3.05) is 19.7 Å². The minimum Gasteiger partial charge on any atom is -0.491 e. The van der Waals surface area contributed by atoms with Crippen LogP contribution in [0, 0.1) is 6.92 Å². The Morgan fingerprint density at radius 2 is 1.79 bits per heavy atom. The van der Waals surface area contributed by atoms with Gasteiger partial charge in [-0.25, -0.2) is 14.6 Å². The van der Waals surface area contributed by atoms with E-state index in [4.69, 9.17) is 9.72 Å². The van der Waals surface area contributed by atoms with Crippen molar-refractivity contribution in [3.63, 3.8) is 0 Å². The number of nitrogens with zero attached hydrogens (tertiary/aromatic N) is 6. The fourth-order valence-electron chi connectivity index (χ4n) is 4.71. The van der Waals surface area contributed by atoms with Crippen molar-refractivity contribution in [1.29, 1.82) is 0 Å². The number of likely N-dealkylation sites (tertiary alicyclic amines) is 1. The molecule has 0 aliphatic carbocycles. The van der Waals surface area contributed by atoms with Gasteiger partial charge in [0.05, 0.1) is 12.1 Å². The Bertz CT molecular complexity index is 1130. The maximum atomic E-state index is 6.16. The molecule has 1 aromatic carbocycles. The monoisotopic (exact) mass is 466 g/mol. The van der Waals surface area contributed by atoms with Gasteiger partial charge in [-0.2, -0.15) is 5.10 Å². The summed E-state index contributed by atoms with van der Waals surface area (Å²) in [5.41, 5.74) is 1.91. The van der Waals surface area contributed by atoms with E-state index in [1.54, 1.807) is 0 Å². The summed E-state index contributed by atoms with van der Waals surface area (Å²) in [6.07, 6.45) is 4.57. The normalized spacial score (nSPS) is 17.2. The number of hydrogen-bond acceptors (Lipinski definition) is 6. The van der Waals surface area contributed by atoms with E-state index in [2.05, 4.69) is 71.6 Å². The zero-order chi connectivity index (χ0) is 23.1. The van der Waals surface area contributed by atoms with E-state index in [-0.39, 0.29) is 6.04 Å². The van der Waals surface area contributed by atoms with E-state index in [0.717, 1.165) is 41.0 Å². The van der Waals surface area contributed by atoms with Gasteiger partial charge in [0.1, 0.15) is 29.7 Å². The summed E-state index contributed by atoms with van der Waals surface area (Å²) in [5.74, 6) is 3.46. The van der Waals surface area contributed by atoms with Crippen molar-refractivity contribution >= 4 is 11.8 Å². The molecule has 0 unspecified atom stereocenters. The number of hydrogen-bond donors (Lipinski definition) is 0. The van der Waals surface area contributed by atoms with E-state index >= 15 is 0 Å². The van der Waals surface area contributed by atoms with Crippen LogP contribution in [0.3, 0.4) is 0 Å². The lowest BCUT2D eigenvalue weighted by atomic mass is 10.1. The smallest absolute Gasteiger partial charge is 0.178 e. The van der Waals surface area contributed by atoms with Gasteiger partial charge in [0.15, 0.2) is 5.82 Å². The summed E-state index contributed by atoms with van der Waals surface area (Å²) >= 11 is 1.99. The van der Waals surface area contributed by atoms with Crippen LogP contribution in [0.25, 0.3) is 22.9 Å². The molecule has 0 bridgehead atoms. The van der Waals surface area contributed by atoms with Gasteiger partial charge in [-0.1, -0.05) is 0 Å². The molecule has 0 atom stereocenters. The molecule has 4 heterocycles. The second-order valence-corrected chi connectivity index (χ2v) is 11.0. The van der Waals surface area contributed by atoms with Gasteiger partial charge in [-0.05, 0) is 78.7 Å². The Balaban J connectivity index is 1.39. The van der Waals surface area contributed by atoms with Gasteiger partial charge >= 0.3 is 0 Å². The lowest BCUT2D eigenvalue weighted by Gasteiger charge is -2.34. The first-order chi connectivity index (χ1) is 15.9. The largest absolute Gasteiger partial charge is 0.491 e. The number of aromatic nitrogens is 5. The first kappa shape index (κ1) is 22.5. The van der Waals surface area contributed by atoms with Crippen LogP contribution in [-0.2, 0) is 6.54 Å². The van der Waals surface area contributed by atoms with Crippen molar-refractivity contribution in [3.05, 3.63) is 30.2 Å². The summed E-state index contributed by atoms with van der Waals surface area (Å²) < 4.78 is 10.3. The van der Waals surface area contributed by atoms with Crippen LogP contribution in [0.2, 0.25) is 0 Å². The molecule has 0 radical (unpaired) electrons. The third kappa shape index (κ3) is 4.55. The Hall–Kier alpha value is -2.32. The molecular formula is C25H34N6OS. The number of benzene rings is 1. The predicted octanol–water partition coefficient (Wildman–Crippen LogP) is 5.06. The fraction of sp³-hybridized carbons (Fsp3) is 0.560. The van der Waals surface area contributed by atoms with Crippen LogP contribution in [0.4, 0.5) is 0 Å². The molecule has 7 nitrogen and oxygen atoms in total. The Kier molecular flexibility index (Phi) is 6.22. The van der Waals surface area contributed by atoms with E-state index in [9.17, 15) is 0 Å². The minimum absolute atomic E-state index is 0.227. The summed E-state index contributed by atoms with van der Waals surface area (Å²) in [6, 6.07) is 7.48. The zero-order valence-corrected chi connectivity index (χ0v) is 21.1. The fourth-order valence-corrected chi connectivity index (χ4v) is 5.86. The second-order valence-electron chi connectivity index (χ2n) is 9.62. The maximum Gasteiger partial charge on any atom is 0.178 e. The molecule has 5 rings (SSSR count). The highest BCUT2D eigenvalue weighted by Crippen LogP contribution is 2.39. The van der Waals surface area contributed by atoms with Gasteiger partial charge in [0, 0.05) is 28.4 Å². The first-order valence-corrected chi connectivity index (χ1v) is 13.0. The average Bonchev–Trinajstić information content (AvgIpc) is 3.34. The third-order valence-electron chi connectivity index (χ3n) is 6.53. The predicted molar refractivity (Wildman–Crippen MR) is 133 cm³/mol. The topological polar surface area (TPSA) is 61.0 Å². The van der Waals surface area contributed by atoms with Gasteiger partial charge in [-0.15, -0.1) is 11.8 Å². The van der Waals surface area contributed by atoms with Crippen LogP contribution in [0.15, 0.2) is 29.3 Å². The summed E-state index contributed by atoms with van der Waals surface area (Å²) in [5, 5.41) is 5.23. The number of aryl methyl sites for hydroxylation is 1. The van der Waals surface area contributed by atoms with Crippen molar-refractivity contribution < 1.29 is 4.74 Å². The molecular weight excluding hydrogens is 432 g/mol. The molecule has 33 heavy (non-hydrogen) atoms. The summed E-state index contributed by atoms with van der Waals surface area (Å²) in [6.45, 7) is 14.5. The van der Waals surface area contributed by atoms with E-state index < -0.39 is 0 Å². The lowest BCUT2D eigenvalue weighted by Crippen LogP contribution is -2.39. The van der Waals surface area contributed by atoms with Gasteiger partial charge < -0.3 is 14.2 Å². The second kappa shape index (κ2) is 9.14. The third-order valence-corrected chi connectivity index (χ3v) is 7.86. The molecule has 3 aromatic rings. The quantitative estimate of drug-likeness (QED) is 0.524. The van der Waals surface area contributed by atoms with Crippen LogP contribution in [0.5, 0.6) is 5.75 Å². The molecule has 8 heteroatoms. The molecule has 0 saturated carbocycles. The first-order valence-electron chi connectivity index (χ1n) is 12.1. The highest BCUT2D eigenvalue weighted by atomic mass is 32.2.